The summed E-state index contributed by atoms with van der Waals surface area (Å²) in [4.78, 5) is 10.0. The fourth-order valence-corrected chi connectivity index (χ4v) is 5.18. The smallest absolute Gasteiger partial charge is 0.214 e. The summed E-state index contributed by atoms with van der Waals surface area (Å²) < 4.78 is 1.28. The zero-order valence-electron chi connectivity index (χ0n) is 14.2. The fraction of sp³-hybridized carbons (Fsp3) is 0.333. The Hall–Kier alpha value is -2.16. The molecule has 0 amide bonds. The van der Waals surface area contributed by atoms with Crippen LogP contribution in [0.4, 0.5) is 0 Å². The Morgan fingerprint density at radius 2 is 2.12 bits per heavy atom. The van der Waals surface area contributed by atoms with Crippen LogP contribution in [0.2, 0.25) is 0 Å². The third-order valence-electron chi connectivity index (χ3n) is 4.69. The topological polar surface area (TPSA) is 59.7 Å². The number of rotatable bonds is 4. The van der Waals surface area contributed by atoms with E-state index in [0.717, 1.165) is 23.5 Å². The number of benzene rings is 1. The lowest BCUT2D eigenvalue weighted by Crippen LogP contribution is -2.36. The van der Waals surface area contributed by atoms with Crippen LogP contribution in [0.3, 0.4) is 0 Å². The predicted octanol–water partition coefficient (Wildman–Crippen LogP) is 3.85. The maximum Gasteiger partial charge on any atom is 0.214 e. The number of fused-ring (bicyclic) bond motifs is 1. The molecule has 4 aromatic rings. The van der Waals surface area contributed by atoms with Gasteiger partial charge < -0.3 is 0 Å². The average Bonchev–Trinajstić information content (AvgIpc) is 3.41. The number of aromatic nitrogens is 5. The van der Waals surface area contributed by atoms with E-state index in [0.29, 0.717) is 18.4 Å². The minimum atomic E-state index is 0.487. The van der Waals surface area contributed by atoms with Crippen molar-refractivity contribution in [1.82, 2.24) is 30.1 Å². The summed E-state index contributed by atoms with van der Waals surface area (Å²) in [5.74, 6) is 1.20. The van der Waals surface area contributed by atoms with Gasteiger partial charge in [0.1, 0.15) is 6.67 Å². The van der Waals surface area contributed by atoms with Crippen molar-refractivity contribution in [2.24, 2.45) is 0 Å². The molecule has 132 valence electrons. The first-order chi connectivity index (χ1) is 12.8. The van der Waals surface area contributed by atoms with Crippen LogP contribution in [0, 0.1) is 0 Å². The van der Waals surface area contributed by atoms with Crippen molar-refractivity contribution in [3.05, 3.63) is 46.8 Å². The van der Waals surface area contributed by atoms with Crippen molar-refractivity contribution in [3.63, 3.8) is 0 Å². The molecule has 6 nitrogen and oxygen atoms in total. The molecule has 1 fully saturated rings. The highest BCUT2D eigenvalue weighted by Crippen LogP contribution is 2.33. The molecule has 5 rings (SSSR count). The summed E-state index contributed by atoms with van der Waals surface area (Å²) in [6.45, 7) is 2.74. The standard InChI is InChI=1S/C18H18N6S2/c1-2-7-15-14(6-1)19-18(26-15)13-5-3-9-23(11-13)12-24-21-17(20-22-24)16-8-4-10-25-16/h1-2,4,6-8,10,13H,3,5,9,11-12H2/t13-/m1/s1. The van der Waals surface area contributed by atoms with E-state index in [1.54, 1.807) is 16.1 Å². The first-order valence-electron chi connectivity index (χ1n) is 8.75. The van der Waals surface area contributed by atoms with E-state index >= 15 is 0 Å². The maximum absolute atomic E-state index is 4.86. The second-order valence-electron chi connectivity index (χ2n) is 6.54. The summed E-state index contributed by atoms with van der Waals surface area (Å²) in [5, 5.41) is 16.2. The minimum absolute atomic E-state index is 0.487. The number of piperidine rings is 1. The summed E-state index contributed by atoms with van der Waals surface area (Å²) in [7, 11) is 0. The van der Waals surface area contributed by atoms with Crippen LogP contribution in [0.5, 0.6) is 0 Å². The maximum atomic E-state index is 4.86. The van der Waals surface area contributed by atoms with Crippen molar-refractivity contribution in [3.8, 4) is 10.7 Å². The molecule has 1 saturated heterocycles. The number of hydrogen-bond donors (Lipinski definition) is 0. The van der Waals surface area contributed by atoms with Crippen molar-refractivity contribution in [1.29, 1.82) is 0 Å². The van der Waals surface area contributed by atoms with Crippen LogP contribution in [-0.2, 0) is 6.67 Å². The Labute approximate surface area is 159 Å². The highest BCUT2D eigenvalue weighted by atomic mass is 32.1. The molecule has 3 aromatic heterocycles. The first-order valence-corrected chi connectivity index (χ1v) is 10.4. The van der Waals surface area contributed by atoms with Crippen LogP contribution < -0.4 is 0 Å². The van der Waals surface area contributed by atoms with Crippen LogP contribution >= 0.6 is 22.7 Å². The van der Waals surface area contributed by atoms with Crippen molar-refractivity contribution < 1.29 is 0 Å². The summed E-state index contributed by atoms with van der Waals surface area (Å²) in [6.07, 6.45) is 2.37. The van der Waals surface area contributed by atoms with Crippen LogP contribution in [0.1, 0.15) is 23.8 Å². The summed E-state index contributed by atoms with van der Waals surface area (Å²) >= 11 is 3.46. The Bertz CT molecular complexity index is 973. The predicted molar refractivity (Wildman–Crippen MR) is 104 cm³/mol. The van der Waals surface area contributed by atoms with Crippen LogP contribution in [0.25, 0.3) is 20.9 Å². The quantitative estimate of drug-likeness (QED) is 0.537. The van der Waals surface area contributed by atoms with Gasteiger partial charge in [0.15, 0.2) is 0 Å². The number of para-hydroxylation sites is 1. The number of thiophene rings is 1. The van der Waals surface area contributed by atoms with Gasteiger partial charge in [-0.1, -0.05) is 18.2 Å². The van der Waals surface area contributed by atoms with E-state index in [1.807, 2.05) is 28.8 Å². The largest absolute Gasteiger partial charge is 0.282 e. The average molecular weight is 383 g/mol. The molecule has 0 radical (unpaired) electrons. The van der Waals surface area contributed by atoms with Crippen molar-refractivity contribution in [2.75, 3.05) is 13.1 Å². The summed E-state index contributed by atoms with van der Waals surface area (Å²) in [6, 6.07) is 12.4. The molecule has 0 aliphatic carbocycles. The Balaban J connectivity index is 1.30. The van der Waals surface area contributed by atoms with Gasteiger partial charge in [0.25, 0.3) is 0 Å². The third kappa shape index (κ3) is 3.15. The van der Waals surface area contributed by atoms with E-state index in [1.165, 1.54) is 22.5 Å². The normalized spacial score (nSPS) is 18.5. The zero-order valence-corrected chi connectivity index (χ0v) is 15.8. The summed E-state index contributed by atoms with van der Waals surface area (Å²) in [5.41, 5.74) is 1.11. The number of hydrogen-bond acceptors (Lipinski definition) is 7. The molecular formula is C18H18N6S2. The van der Waals surface area contributed by atoms with Gasteiger partial charge in [-0.15, -0.1) is 37.7 Å². The zero-order chi connectivity index (χ0) is 17.3. The lowest BCUT2D eigenvalue weighted by atomic mass is 9.99. The van der Waals surface area contributed by atoms with Gasteiger partial charge >= 0.3 is 0 Å². The monoisotopic (exact) mass is 382 g/mol. The highest BCUT2D eigenvalue weighted by molar-refractivity contribution is 7.18. The van der Waals surface area contributed by atoms with Gasteiger partial charge in [0.05, 0.1) is 20.1 Å². The van der Waals surface area contributed by atoms with Gasteiger partial charge in [0, 0.05) is 12.5 Å². The highest BCUT2D eigenvalue weighted by Gasteiger charge is 2.24. The van der Waals surface area contributed by atoms with Crippen LogP contribution in [0.15, 0.2) is 41.8 Å². The van der Waals surface area contributed by atoms with Crippen molar-refractivity contribution >= 4 is 32.9 Å². The molecule has 1 atom stereocenters. The molecule has 0 saturated carbocycles. The Morgan fingerprint density at radius 1 is 1.15 bits per heavy atom. The second-order valence-corrected chi connectivity index (χ2v) is 8.55. The Morgan fingerprint density at radius 3 is 3.00 bits per heavy atom. The lowest BCUT2D eigenvalue weighted by Gasteiger charge is -2.30. The number of likely N-dealkylation sites (tertiary alicyclic amines) is 1. The first kappa shape index (κ1) is 16.0. The molecular weight excluding hydrogens is 364 g/mol. The van der Waals surface area contributed by atoms with Gasteiger partial charge in [-0.3, -0.25) is 4.90 Å². The van der Waals surface area contributed by atoms with E-state index in [9.17, 15) is 0 Å². The number of nitrogens with zero attached hydrogens (tertiary/aromatic N) is 6. The van der Waals surface area contributed by atoms with E-state index in [2.05, 4.69) is 44.6 Å². The molecule has 0 bridgehead atoms. The SMILES string of the molecule is c1csc(-c2nnn(CN3CCC[C@@H](c4nc5ccccc5s4)C3)n2)c1. The number of thiazole rings is 1. The number of tetrazole rings is 1. The molecule has 0 N–H and O–H groups in total. The van der Waals surface area contributed by atoms with Gasteiger partial charge in [0.2, 0.25) is 5.82 Å². The third-order valence-corrected chi connectivity index (χ3v) is 6.75. The second kappa shape index (κ2) is 6.86. The Kier molecular flexibility index (Phi) is 4.24. The van der Waals surface area contributed by atoms with Gasteiger partial charge in [-0.2, -0.15) is 0 Å². The molecule has 0 spiro atoms. The molecule has 1 aromatic carbocycles. The van der Waals surface area contributed by atoms with Crippen molar-refractivity contribution in [2.45, 2.75) is 25.4 Å². The lowest BCUT2D eigenvalue weighted by molar-refractivity contribution is 0.147. The molecule has 26 heavy (non-hydrogen) atoms. The minimum Gasteiger partial charge on any atom is -0.282 e. The fourth-order valence-electron chi connectivity index (χ4n) is 3.44. The molecule has 4 heterocycles. The molecule has 0 unspecified atom stereocenters. The van der Waals surface area contributed by atoms with E-state index in [-0.39, 0.29) is 0 Å². The van der Waals surface area contributed by atoms with Gasteiger partial charge in [-0.05, 0) is 48.2 Å². The molecule has 1 aliphatic rings. The van der Waals surface area contributed by atoms with Crippen LogP contribution in [-0.4, -0.2) is 43.2 Å². The van der Waals surface area contributed by atoms with E-state index in [4.69, 9.17) is 4.98 Å². The molecule has 8 heteroatoms. The van der Waals surface area contributed by atoms with Gasteiger partial charge in [-0.25, -0.2) is 4.98 Å². The van der Waals surface area contributed by atoms with E-state index < -0.39 is 0 Å². The molecule has 1 aliphatic heterocycles.